The van der Waals surface area contributed by atoms with Gasteiger partial charge in [0.05, 0.1) is 12.3 Å². The summed E-state index contributed by atoms with van der Waals surface area (Å²) in [6.07, 6.45) is 0.773. The lowest BCUT2D eigenvalue weighted by Crippen LogP contribution is -2.16. The highest BCUT2D eigenvalue weighted by atomic mass is 35.5. The molecule has 0 saturated carbocycles. The number of imidazole rings is 1. The number of hydrogen-bond acceptors (Lipinski definition) is 3. The minimum absolute atomic E-state index is 0.423. The van der Waals surface area contributed by atoms with Crippen LogP contribution in [0.2, 0.25) is 0 Å². The molecule has 0 aliphatic carbocycles. The molecular formula is C13H21ClN4O. The second kappa shape index (κ2) is 5.92. The second-order valence-electron chi connectivity index (χ2n) is 5.02. The lowest BCUT2D eigenvalue weighted by atomic mass is 10.2. The number of methoxy groups -OCH3 is 1. The Morgan fingerprint density at radius 3 is 2.79 bits per heavy atom. The van der Waals surface area contributed by atoms with E-state index in [-0.39, 0.29) is 0 Å². The molecule has 0 bridgehead atoms. The lowest BCUT2D eigenvalue weighted by molar-refractivity contribution is 0.151. The Bertz CT molecular complexity index is 560. The molecule has 1 unspecified atom stereocenters. The molecule has 0 fully saturated rings. The van der Waals surface area contributed by atoms with Crippen molar-refractivity contribution in [1.29, 1.82) is 0 Å². The van der Waals surface area contributed by atoms with Gasteiger partial charge in [-0.25, -0.2) is 4.98 Å². The minimum atomic E-state index is 0.423. The fraction of sp³-hybridized carbons (Fsp3) is 0.692. The molecule has 2 aromatic rings. The Kier molecular flexibility index (Phi) is 4.47. The van der Waals surface area contributed by atoms with Crippen LogP contribution in [0.25, 0.3) is 11.2 Å². The maximum absolute atomic E-state index is 5.88. The van der Waals surface area contributed by atoms with Gasteiger partial charge in [0.15, 0.2) is 5.65 Å². The third-order valence-corrected chi connectivity index (χ3v) is 3.42. The van der Waals surface area contributed by atoms with E-state index in [4.69, 9.17) is 21.3 Å². The molecule has 0 N–H and O–H groups in total. The molecule has 5 nitrogen and oxygen atoms in total. The monoisotopic (exact) mass is 284 g/mol. The van der Waals surface area contributed by atoms with E-state index in [0.717, 1.165) is 42.3 Å². The van der Waals surface area contributed by atoms with Crippen LogP contribution in [0.3, 0.4) is 0 Å². The largest absolute Gasteiger partial charge is 0.384 e. The quantitative estimate of drug-likeness (QED) is 0.764. The van der Waals surface area contributed by atoms with Crippen molar-refractivity contribution in [3.8, 4) is 0 Å². The van der Waals surface area contributed by atoms with Gasteiger partial charge in [0.2, 0.25) is 0 Å². The minimum Gasteiger partial charge on any atom is -0.384 e. The maximum Gasteiger partial charge on any atom is 0.158 e. The van der Waals surface area contributed by atoms with Gasteiger partial charge < -0.3 is 9.30 Å². The normalized spacial score (nSPS) is 13.3. The summed E-state index contributed by atoms with van der Waals surface area (Å²) in [6, 6.07) is 0. The number of aryl methyl sites for hydroxylation is 3. The van der Waals surface area contributed by atoms with E-state index in [1.807, 2.05) is 18.7 Å². The van der Waals surface area contributed by atoms with Gasteiger partial charge in [0.25, 0.3) is 0 Å². The van der Waals surface area contributed by atoms with Gasteiger partial charge in [-0.2, -0.15) is 5.10 Å². The molecule has 19 heavy (non-hydrogen) atoms. The lowest BCUT2D eigenvalue weighted by Gasteiger charge is -2.14. The van der Waals surface area contributed by atoms with E-state index in [9.17, 15) is 0 Å². The average molecular weight is 285 g/mol. The Balaban J connectivity index is 2.44. The van der Waals surface area contributed by atoms with Crippen LogP contribution >= 0.6 is 11.6 Å². The summed E-state index contributed by atoms with van der Waals surface area (Å²) in [5.41, 5.74) is 3.01. The Labute approximate surface area is 118 Å². The van der Waals surface area contributed by atoms with Crippen molar-refractivity contribution < 1.29 is 4.74 Å². The van der Waals surface area contributed by atoms with Gasteiger partial charge in [-0.15, -0.1) is 11.6 Å². The van der Waals surface area contributed by atoms with Crippen molar-refractivity contribution in [3.63, 3.8) is 0 Å². The zero-order valence-electron chi connectivity index (χ0n) is 12.0. The first-order chi connectivity index (χ1) is 9.08. The molecule has 0 aromatic carbocycles. The highest BCUT2D eigenvalue weighted by Gasteiger charge is 2.18. The van der Waals surface area contributed by atoms with E-state index >= 15 is 0 Å². The zero-order chi connectivity index (χ0) is 14.0. The van der Waals surface area contributed by atoms with Gasteiger partial charge in [0, 0.05) is 33.0 Å². The van der Waals surface area contributed by atoms with E-state index in [1.165, 1.54) is 0 Å². The van der Waals surface area contributed by atoms with Crippen LogP contribution in [-0.4, -0.2) is 38.9 Å². The Morgan fingerprint density at radius 1 is 1.42 bits per heavy atom. The number of hydrogen-bond donors (Lipinski definition) is 0. The van der Waals surface area contributed by atoms with E-state index in [2.05, 4.69) is 16.6 Å². The van der Waals surface area contributed by atoms with Gasteiger partial charge in [0.1, 0.15) is 11.3 Å². The topological polar surface area (TPSA) is 44.9 Å². The van der Waals surface area contributed by atoms with Crippen molar-refractivity contribution in [2.45, 2.75) is 26.8 Å². The predicted octanol–water partition coefficient (Wildman–Crippen LogP) is 2.14. The summed E-state index contributed by atoms with van der Waals surface area (Å²) in [6.45, 7) is 5.76. The van der Waals surface area contributed by atoms with Crippen molar-refractivity contribution in [2.75, 3.05) is 19.6 Å². The van der Waals surface area contributed by atoms with Crippen molar-refractivity contribution in [2.24, 2.45) is 13.0 Å². The fourth-order valence-corrected chi connectivity index (χ4v) is 2.67. The molecule has 0 spiro atoms. The Hall–Kier alpha value is -1.07. The van der Waals surface area contributed by atoms with Crippen LogP contribution in [-0.2, 0) is 24.8 Å². The second-order valence-corrected chi connectivity index (χ2v) is 5.40. The summed E-state index contributed by atoms with van der Waals surface area (Å²) in [7, 11) is 3.69. The molecule has 0 radical (unpaired) electrons. The van der Waals surface area contributed by atoms with Gasteiger partial charge in [-0.1, -0.05) is 6.92 Å². The summed E-state index contributed by atoms with van der Waals surface area (Å²) in [4.78, 5) is 4.69. The number of fused-ring (bicyclic) bond motifs is 1. The fourth-order valence-electron chi connectivity index (χ4n) is 2.50. The third kappa shape index (κ3) is 2.77. The average Bonchev–Trinajstić information content (AvgIpc) is 2.81. The van der Waals surface area contributed by atoms with Crippen molar-refractivity contribution >= 4 is 22.8 Å². The first-order valence-electron chi connectivity index (χ1n) is 6.52. The summed E-state index contributed by atoms with van der Waals surface area (Å²) < 4.78 is 9.34. The third-order valence-electron chi connectivity index (χ3n) is 3.23. The smallest absolute Gasteiger partial charge is 0.158 e. The maximum atomic E-state index is 5.88. The van der Waals surface area contributed by atoms with E-state index in [1.54, 1.807) is 7.11 Å². The molecule has 2 heterocycles. The molecule has 1 atom stereocenters. The molecule has 2 rings (SSSR count). The summed E-state index contributed by atoms with van der Waals surface area (Å²) in [5.74, 6) is 2.03. The highest BCUT2D eigenvalue weighted by Crippen LogP contribution is 2.21. The van der Waals surface area contributed by atoms with Gasteiger partial charge in [-0.3, -0.25) is 4.68 Å². The first kappa shape index (κ1) is 14.3. The molecule has 0 amide bonds. The molecule has 0 saturated heterocycles. The number of ether oxygens (including phenoxy) is 1. The van der Waals surface area contributed by atoms with E-state index < -0.39 is 0 Å². The number of rotatable bonds is 6. The van der Waals surface area contributed by atoms with Crippen molar-refractivity contribution in [1.82, 2.24) is 19.3 Å². The Morgan fingerprint density at radius 2 is 2.16 bits per heavy atom. The number of halogens is 1. The first-order valence-corrected chi connectivity index (χ1v) is 7.05. The van der Waals surface area contributed by atoms with Crippen LogP contribution in [0.15, 0.2) is 0 Å². The van der Waals surface area contributed by atoms with Gasteiger partial charge in [-0.05, 0) is 12.8 Å². The SMILES string of the molecule is COCC(C)Cn1c(CCCl)nc2c(C)nn(C)c21. The molecule has 0 aliphatic rings. The van der Waals surface area contributed by atoms with Crippen LogP contribution in [0.1, 0.15) is 18.4 Å². The van der Waals surface area contributed by atoms with Gasteiger partial charge >= 0.3 is 0 Å². The van der Waals surface area contributed by atoms with Crippen LogP contribution in [0, 0.1) is 12.8 Å². The molecule has 0 aliphatic heterocycles. The molecule has 106 valence electrons. The number of alkyl halides is 1. The van der Waals surface area contributed by atoms with Crippen LogP contribution in [0.5, 0.6) is 0 Å². The zero-order valence-corrected chi connectivity index (χ0v) is 12.7. The van der Waals surface area contributed by atoms with Crippen molar-refractivity contribution in [3.05, 3.63) is 11.5 Å². The standard InChI is InChI=1S/C13H21ClN4O/c1-9(8-19-4)7-18-11(5-6-14)15-12-10(2)16-17(3)13(12)18/h9H,5-8H2,1-4H3. The molecule has 6 heteroatoms. The van der Waals surface area contributed by atoms with Crippen LogP contribution < -0.4 is 0 Å². The van der Waals surface area contributed by atoms with E-state index in [0.29, 0.717) is 11.8 Å². The molecular weight excluding hydrogens is 264 g/mol. The van der Waals surface area contributed by atoms with Crippen LogP contribution in [0.4, 0.5) is 0 Å². The summed E-state index contributed by atoms with van der Waals surface area (Å²) >= 11 is 5.88. The molecule has 2 aromatic heterocycles. The predicted molar refractivity (Wildman–Crippen MR) is 76.7 cm³/mol. The number of nitrogens with zero attached hydrogens (tertiary/aromatic N) is 4. The highest BCUT2D eigenvalue weighted by molar-refractivity contribution is 6.17. The summed E-state index contributed by atoms with van der Waals surface area (Å²) in [5, 5.41) is 4.43. The number of aromatic nitrogens is 4.